The van der Waals surface area contributed by atoms with Crippen LogP contribution in [0.4, 0.5) is 5.95 Å². The van der Waals surface area contributed by atoms with Crippen molar-refractivity contribution in [3.63, 3.8) is 0 Å². The summed E-state index contributed by atoms with van der Waals surface area (Å²) >= 11 is 0. The van der Waals surface area contributed by atoms with Crippen LogP contribution < -0.4 is 10.2 Å². The van der Waals surface area contributed by atoms with E-state index in [1.54, 1.807) is 18.6 Å². The van der Waals surface area contributed by atoms with Gasteiger partial charge in [0.05, 0.1) is 18.4 Å². The molecule has 0 bridgehead atoms. The third kappa shape index (κ3) is 3.94. The first-order valence-electron chi connectivity index (χ1n) is 8.28. The number of hydrogen-bond donors (Lipinski definition) is 1. The Morgan fingerprint density at radius 2 is 2.17 bits per heavy atom. The first-order chi connectivity index (χ1) is 11.7. The van der Waals surface area contributed by atoms with Crippen LogP contribution in [0.3, 0.4) is 0 Å². The van der Waals surface area contributed by atoms with Crippen LogP contribution >= 0.6 is 0 Å². The van der Waals surface area contributed by atoms with E-state index >= 15 is 0 Å². The smallest absolute Gasteiger partial charge is 0.266 e. The summed E-state index contributed by atoms with van der Waals surface area (Å²) in [6, 6.07) is 2.00. The molecule has 1 N–H and O–H groups in total. The lowest BCUT2D eigenvalue weighted by Crippen LogP contribution is -2.50. The molecule has 1 aliphatic heterocycles. The molecule has 0 saturated carbocycles. The number of anilines is 1. The average Bonchev–Trinajstić information content (AvgIpc) is 3.26. The van der Waals surface area contributed by atoms with Gasteiger partial charge in [-0.25, -0.2) is 0 Å². The summed E-state index contributed by atoms with van der Waals surface area (Å²) in [6.45, 7) is 7.63. The topological polar surface area (TPSA) is 87.6 Å². The molecule has 2 aromatic heterocycles. The van der Waals surface area contributed by atoms with E-state index < -0.39 is 0 Å². The molecule has 8 nitrogen and oxygen atoms in total. The van der Waals surface area contributed by atoms with Gasteiger partial charge in [-0.2, -0.15) is 4.98 Å². The van der Waals surface area contributed by atoms with E-state index in [1.807, 2.05) is 6.92 Å². The van der Waals surface area contributed by atoms with Crippen molar-refractivity contribution in [1.82, 2.24) is 20.4 Å². The molecule has 1 amide bonds. The average molecular weight is 333 g/mol. The van der Waals surface area contributed by atoms with Gasteiger partial charge in [0.15, 0.2) is 0 Å². The van der Waals surface area contributed by atoms with Crippen molar-refractivity contribution >= 4 is 11.9 Å². The lowest BCUT2D eigenvalue weighted by atomic mass is 10.2. The molecular formula is C16H23N5O3. The summed E-state index contributed by atoms with van der Waals surface area (Å²) < 4.78 is 10.3. The Labute approximate surface area is 140 Å². The molecule has 24 heavy (non-hydrogen) atoms. The standard InChI is InChI=1S/C16H23N5O3/c1-3-12(2)17-14(22)10-20-5-7-21(8-6-20)16-18-15(24-19-16)13-4-9-23-11-13/h4,9,11-12H,3,5-8,10H2,1-2H3,(H,17,22). The molecule has 3 rings (SSSR count). The van der Waals surface area contributed by atoms with Crippen molar-refractivity contribution in [1.29, 1.82) is 0 Å². The van der Waals surface area contributed by atoms with Crippen LogP contribution in [-0.2, 0) is 4.79 Å². The second kappa shape index (κ2) is 7.48. The Morgan fingerprint density at radius 3 is 2.83 bits per heavy atom. The highest BCUT2D eigenvalue weighted by molar-refractivity contribution is 5.78. The normalized spacial score (nSPS) is 17.0. The zero-order valence-corrected chi connectivity index (χ0v) is 14.1. The van der Waals surface area contributed by atoms with E-state index in [1.165, 1.54) is 0 Å². The molecular weight excluding hydrogens is 310 g/mol. The van der Waals surface area contributed by atoms with Crippen molar-refractivity contribution in [3.8, 4) is 11.5 Å². The summed E-state index contributed by atoms with van der Waals surface area (Å²) in [7, 11) is 0. The highest BCUT2D eigenvalue weighted by atomic mass is 16.5. The molecule has 3 heterocycles. The minimum absolute atomic E-state index is 0.0830. The highest BCUT2D eigenvalue weighted by Gasteiger charge is 2.23. The van der Waals surface area contributed by atoms with Crippen LogP contribution in [0.1, 0.15) is 20.3 Å². The number of carbonyl (C=O) groups excluding carboxylic acids is 1. The van der Waals surface area contributed by atoms with Gasteiger partial charge in [-0.3, -0.25) is 9.69 Å². The summed E-state index contributed by atoms with van der Waals surface area (Å²) in [5.74, 6) is 1.11. The minimum atomic E-state index is 0.0830. The van der Waals surface area contributed by atoms with Gasteiger partial charge < -0.3 is 19.2 Å². The van der Waals surface area contributed by atoms with E-state index in [-0.39, 0.29) is 11.9 Å². The van der Waals surface area contributed by atoms with Gasteiger partial charge in [0.1, 0.15) is 6.26 Å². The SMILES string of the molecule is CCC(C)NC(=O)CN1CCN(c2noc(-c3ccoc3)n2)CC1. The van der Waals surface area contributed by atoms with Crippen LogP contribution in [0.15, 0.2) is 27.5 Å². The predicted molar refractivity (Wildman–Crippen MR) is 88.5 cm³/mol. The number of piperazine rings is 1. The van der Waals surface area contributed by atoms with Crippen LogP contribution in [-0.4, -0.2) is 59.7 Å². The molecule has 1 unspecified atom stereocenters. The Hall–Kier alpha value is -2.35. The van der Waals surface area contributed by atoms with Gasteiger partial charge >= 0.3 is 0 Å². The maximum absolute atomic E-state index is 12.0. The quantitative estimate of drug-likeness (QED) is 0.854. The predicted octanol–water partition coefficient (Wildman–Crippen LogP) is 1.37. The Balaban J connectivity index is 1.49. The zero-order valence-electron chi connectivity index (χ0n) is 14.1. The van der Waals surface area contributed by atoms with E-state index in [0.717, 1.165) is 38.2 Å². The van der Waals surface area contributed by atoms with Crippen LogP contribution in [0.2, 0.25) is 0 Å². The van der Waals surface area contributed by atoms with Gasteiger partial charge in [-0.1, -0.05) is 6.92 Å². The summed E-state index contributed by atoms with van der Waals surface area (Å²) in [5.41, 5.74) is 0.772. The van der Waals surface area contributed by atoms with Crippen LogP contribution in [0.25, 0.3) is 11.5 Å². The fraction of sp³-hybridized carbons (Fsp3) is 0.562. The van der Waals surface area contributed by atoms with Crippen molar-refractivity contribution < 1.29 is 13.7 Å². The Bertz CT molecular complexity index is 646. The van der Waals surface area contributed by atoms with Gasteiger partial charge in [0.2, 0.25) is 5.91 Å². The van der Waals surface area contributed by atoms with E-state index in [0.29, 0.717) is 18.4 Å². The molecule has 8 heteroatoms. The molecule has 1 aliphatic rings. The zero-order chi connectivity index (χ0) is 16.9. The molecule has 2 aromatic rings. The number of amides is 1. The second-order valence-electron chi connectivity index (χ2n) is 6.05. The Morgan fingerprint density at radius 1 is 1.38 bits per heavy atom. The summed E-state index contributed by atoms with van der Waals surface area (Å²) in [6.07, 6.45) is 4.09. The van der Waals surface area contributed by atoms with Gasteiger partial charge in [-0.05, 0) is 24.6 Å². The fourth-order valence-electron chi connectivity index (χ4n) is 2.58. The second-order valence-corrected chi connectivity index (χ2v) is 6.05. The molecule has 0 aromatic carbocycles. The number of rotatable bonds is 6. The number of nitrogens with one attached hydrogen (secondary N) is 1. The van der Waals surface area contributed by atoms with Crippen molar-refractivity contribution in [2.45, 2.75) is 26.3 Å². The number of nitrogens with zero attached hydrogens (tertiary/aromatic N) is 4. The van der Waals surface area contributed by atoms with Gasteiger partial charge in [0.25, 0.3) is 11.8 Å². The first kappa shape index (κ1) is 16.5. The van der Waals surface area contributed by atoms with Gasteiger partial charge in [0, 0.05) is 32.2 Å². The maximum Gasteiger partial charge on any atom is 0.266 e. The molecule has 1 saturated heterocycles. The summed E-state index contributed by atoms with van der Waals surface area (Å²) in [4.78, 5) is 20.6. The lowest BCUT2D eigenvalue weighted by molar-refractivity contribution is -0.122. The van der Waals surface area contributed by atoms with E-state index in [9.17, 15) is 4.79 Å². The number of furan rings is 1. The first-order valence-corrected chi connectivity index (χ1v) is 8.28. The molecule has 0 radical (unpaired) electrons. The number of hydrogen-bond acceptors (Lipinski definition) is 7. The molecule has 0 aliphatic carbocycles. The highest BCUT2D eigenvalue weighted by Crippen LogP contribution is 2.21. The van der Waals surface area contributed by atoms with E-state index in [2.05, 4.69) is 32.2 Å². The molecule has 0 spiro atoms. The largest absolute Gasteiger partial charge is 0.472 e. The molecule has 1 fully saturated rings. The van der Waals surface area contributed by atoms with E-state index in [4.69, 9.17) is 8.94 Å². The van der Waals surface area contributed by atoms with Crippen molar-refractivity contribution in [2.75, 3.05) is 37.6 Å². The lowest BCUT2D eigenvalue weighted by Gasteiger charge is -2.33. The monoisotopic (exact) mass is 333 g/mol. The van der Waals surface area contributed by atoms with Crippen molar-refractivity contribution in [2.24, 2.45) is 0 Å². The third-order valence-corrected chi connectivity index (χ3v) is 4.23. The Kier molecular flexibility index (Phi) is 5.14. The number of carbonyl (C=O) groups is 1. The number of aromatic nitrogens is 2. The molecule has 1 atom stereocenters. The molecule has 130 valence electrons. The van der Waals surface area contributed by atoms with Gasteiger partial charge in [-0.15, -0.1) is 0 Å². The van der Waals surface area contributed by atoms with Crippen LogP contribution in [0.5, 0.6) is 0 Å². The fourth-order valence-corrected chi connectivity index (χ4v) is 2.58. The van der Waals surface area contributed by atoms with Crippen molar-refractivity contribution in [3.05, 3.63) is 18.6 Å². The van der Waals surface area contributed by atoms with Crippen LogP contribution in [0, 0.1) is 0 Å². The maximum atomic E-state index is 12.0. The third-order valence-electron chi connectivity index (χ3n) is 4.23. The minimum Gasteiger partial charge on any atom is -0.472 e. The summed E-state index contributed by atoms with van der Waals surface area (Å²) in [5, 5.41) is 7.03.